The Morgan fingerprint density at radius 1 is 1.35 bits per heavy atom. The van der Waals surface area contributed by atoms with Gasteiger partial charge in [0.05, 0.1) is 18.0 Å². The summed E-state index contributed by atoms with van der Waals surface area (Å²) in [5, 5.41) is 23.5. The van der Waals surface area contributed by atoms with E-state index in [2.05, 4.69) is 20.4 Å². The van der Waals surface area contributed by atoms with E-state index in [4.69, 9.17) is 9.52 Å². The summed E-state index contributed by atoms with van der Waals surface area (Å²) in [7, 11) is 0. The van der Waals surface area contributed by atoms with Crippen LogP contribution in [0, 0.1) is 0 Å². The number of carboxylic acids is 1. The summed E-state index contributed by atoms with van der Waals surface area (Å²) in [6.45, 7) is 0. The Hall–Kier alpha value is -2.31. The van der Waals surface area contributed by atoms with E-state index in [1.54, 1.807) is 6.07 Å². The summed E-state index contributed by atoms with van der Waals surface area (Å²) in [5.74, 6) is -0.0358. The maximum absolute atomic E-state index is 10.3. The third-order valence-electron chi connectivity index (χ3n) is 2.08. The molecule has 88 valence electrons. The third-order valence-corrected chi connectivity index (χ3v) is 2.08. The average Bonchev–Trinajstić information content (AvgIpc) is 2.78. The maximum Gasteiger partial charge on any atom is 0.303 e. The number of aromatic nitrogens is 4. The zero-order chi connectivity index (χ0) is 12.1. The van der Waals surface area contributed by atoms with Crippen LogP contribution in [0.25, 0.3) is 11.5 Å². The molecule has 0 spiro atoms. The first-order valence-corrected chi connectivity index (χ1v) is 5.07. The first-order valence-electron chi connectivity index (χ1n) is 5.07. The second kappa shape index (κ2) is 5.15. The number of nitrogens with zero attached hydrogens (tertiary/aromatic N) is 4. The highest BCUT2D eigenvalue weighted by Gasteiger charge is 2.09. The molecule has 0 amide bonds. The Labute approximate surface area is 96.5 Å². The van der Waals surface area contributed by atoms with E-state index in [0.29, 0.717) is 30.2 Å². The number of hydrogen-bond donors (Lipinski definition) is 1. The molecule has 2 aromatic rings. The van der Waals surface area contributed by atoms with Crippen molar-refractivity contribution in [2.45, 2.75) is 19.3 Å². The zero-order valence-electron chi connectivity index (χ0n) is 8.91. The minimum Gasteiger partial charge on any atom is -0.481 e. The Balaban J connectivity index is 1.99. The van der Waals surface area contributed by atoms with E-state index < -0.39 is 5.97 Å². The number of carbonyl (C=O) groups is 1. The van der Waals surface area contributed by atoms with Crippen molar-refractivity contribution in [3.05, 3.63) is 24.4 Å². The van der Waals surface area contributed by atoms with Crippen LogP contribution >= 0.6 is 0 Å². The van der Waals surface area contributed by atoms with Crippen LogP contribution in [0.2, 0.25) is 0 Å². The molecule has 0 aliphatic rings. The van der Waals surface area contributed by atoms with Gasteiger partial charge in [0.2, 0.25) is 11.8 Å². The van der Waals surface area contributed by atoms with E-state index in [1.165, 1.54) is 12.4 Å². The Kier molecular flexibility index (Phi) is 3.39. The van der Waals surface area contributed by atoms with Crippen molar-refractivity contribution in [2.75, 3.05) is 0 Å². The molecular weight excluding hydrogens is 224 g/mol. The monoisotopic (exact) mass is 234 g/mol. The van der Waals surface area contributed by atoms with E-state index in [1.807, 2.05) is 0 Å². The lowest BCUT2D eigenvalue weighted by Crippen LogP contribution is -1.95. The van der Waals surface area contributed by atoms with Gasteiger partial charge in [0.15, 0.2) is 0 Å². The minimum atomic E-state index is -0.830. The molecule has 2 aromatic heterocycles. The van der Waals surface area contributed by atoms with Crippen molar-refractivity contribution in [3.63, 3.8) is 0 Å². The fraction of sp³-hybridized carbons (Fsp3) is 0.300. The highest BCUT2D eigenvalue weighted by molar-refractivity contribution is 5.66. The first kappa shape index (κ1) is 11.2. The van der Waals surface area contributed by atoms with Gasteiger partial charge < -0.3 is 9.52 Å². The number of carboxylic acid groups (broad SMARTS) is 1. The Morgan fingerprint density at radius 2 is 2.24 bits per heavy atom. The highest BCUT2D eigenvalue weighted by atomic mass is 16.4. The van der Waals surface area contributed by atoms with Gasteiger partial charge in [0.1, 0.15) is 0 Å². The highest BCUT2D eigenvalue weighted by Crippen LogP contribution is 2.16. The van der Waals surface area contributed by atoms with Gasteiger partial charge in [-0.2, -0.15) is 10.2 Å². The summed E-state index contributed by atoms with van der Waals surface area (Å²) >= 11 is 0. The van der Waals surface area contributed by atoms with Gasteiger partial charge in [-0.15, -0.1) is 10.2 Å². The molecule has 0 fully saturated rings. The van der Waals surface area contributed by atoms with Crippen molar-refractivity contribution >= 4 is 5.97 Å². The summed E-state index contributed by atoms with van der Waals surface area (Å²) in [6.07, 6.45) is 4.08. The van der Waals surface area contributed by atoms with Crippen molar-refractivity contribution in [3.8, 4) is 11.5 Å². The second-order valence-electron chi connectivity index (χ2n) is 3.38. The molecule has 2 rings (SSSR count). The summed E-state index contributed by atoms with van der Waals surface area (Å²) in [6, 6.07) is 1.71. The Morgan fingerprint density at radius 3 is 2.94 bits per heavy atom. The van der Waals surface area contributed by atoms with Crippen LogP contribution in [0.1, 0.15) is 18.7 Å². The smallest absolute Gasteiger partial charge is 0.303 e. The molecule has 0 aromatic carbocycles. The van der Waals surface area contributed by atoms with Crippen LogP contribution in [0.3, 0.4) is 0 Å². The van der Waals surface area contributed by atoms with Crippen LogP contribution in [-0.2, 0) is 11.2 Å². The average molecular weight is 234 g/mol. The van der Waals surface area contributed by atoms with Gasteiger partial charge in [-0.1, -0.05) is 0 Å². The van der Waals surface area contributed by atoms with E-state index in [-0.39, 0.29) is 6.42 Å². The van der Waals surface area contributed by atoms with Gasteiger partial charge in [0, 0.05) is 12.8 Å². The molecule has 17 heavy (non-hydrogen) atoms. The van der Waals surface area contributed by atoms with Gasteiger partial charge in [0.25, 0.3) is 0 Å². The number of aryl methyl sites for hydroxylation is 1. The summed E-state index contributed by atoms with van der Waals surface area (Å²) in [4.78, 5) is 10.3. The van der Waals surface area contributed by atoms with Crippen LogP contribution in [-0.4, -0.2) is 31.5 Å². The van der Waals surface area contributed by atoms with Crippen molar-refractivity contribution in [1.29, 1.82) is 0 Å². The number of aliphatic carboxylic acids is 1. The molecule has 2 heterocycles. The molecule has 0 saturated heterocycles. The van der Waals surface area contributed by atoms with E-state index in [0.717, 1.165) is 0 Å². The van der Waals surface area contributed by atoms with Gasteiger partial charge in [-0.25, -0.2) is 0 Å². The lowest BCUT2D eigenvalue weighted by molar-refractivity contribution is -0.137. The number of rotatable bonds is 5. The quantitative estimate of drug-likeness (QED) is 0.820. The standard InChI is InChI=1S/C10H10N4O3/c15-9(16)3-1-2-8-13-14-10(17-8)7-4-5-11-12-6-7/h4-6H,1-3H2,(H,15,16). The predicted octanol–water partition coefficient (Wildman–Crippen LogP) is 0.934. The van der Waals surface area contributed by atoms with Crippen LogP contribution < -0.4 is 0 Å². The lowest BCUT2D eigenvalue weighted by Gasteiger charge is -1.92. The van der Waals surface area contributed by atoms with Gasteiger partial charge >= 0.3 is 5.97 Å². The second-order valence-corrected chi connectivity index (χ2v) is 3.38. The summed E-state index contributed by atoms with van der Waals surface area (Å²) < 4.78 is 5.37. The molecule has 0 unspecified atom stereocenters. The molecule has 1 N–H and O–H groups in total. The normalized spacial score (nSPS) is 10.4. The molecule has 7 nitrogen and oxygen atoms in total. The number of hydrogen-bond acceptors (Lipinski definition) is 6. The first-order chi connectivity index (χ1) is 8.25. The molecule has 0 atom stereocenters. The Bertz CT molecular complexity index is 497. The molecule has 0 bridgehead atoms. The largest absolute Gasteiger partial charge is 0.481 e. The molecule has 0 saturated carbocycles. The molecule has 7 heteroatoms. The maximum atomic E-state index is 10.3. The van der Waals surface area contributed by atoms with Crippen molar-refractivity contribution in [2.24, 2.45) is 0 Å². The molecular formula is C10H10N4O3. The third kappa shape index (κ3) is 3.07. The van der Waals surface area contributed by atoms with Gasteiger partial charge in [-0.05, 0) is 12.5 Å². The van der Waals surface area contributed by atoms with E-state index >= 15 is 0 Å². The molecule has 0 aliphatic heterocycles. The molecule has 0 aliphatic carbocycles. The topological polar surface area (TPSA) is 102 Å². The summed E-state index contributed by atoms with van der Waals surface area (Å²) in [5.41, 5.74) is 0.692. The van der Waals surface area contributed by atoms with Gasteiger partial charge in [-0.3, -0.25) is 4.79 Å². The molecule has 0 radical (unpaired) electrons. The fourth-order valence-corrected chi connectivity index (χ4v) is 1.28. The van der Waals surface area contributed by atoms with Crippen molar-refractivity contribution in [1.82, 2.24) is 20.4 Å². The van der Waals surface area contributed by atoms with E-state index in [9.17, 15) is 4.79 Å². The van der Waals surface area contributed by atoms with Crippen LogP contribution in [0.15, 0.2) is 22.9 Å². The fourth-order valence-electron chi connectivity index (χ4n) is 1.28. The lowest BCUT2D eigenvalue weighted by atomic mass is 10.2. The van der Waals surface area contributed by atoms with Crippen LogP contribution in [0.4, 0.5) is 0 Å². The SMILES string of the molecule is O=C(O)CCCc1nnc(-c2ccnnc2)o1. The predicted molar refractivity (Wildman–Crippen MR) is 55.9 cm³/mol. The zero-order valence-corrected chi connectivity index (χ0v) is 8.91. The van der Waals surface area contributed by atoms with Crippen molar-refractivity contribution < 1.29 is 14.3 Å². The minimum absolute atomic E-state index is 0.0918. The van der Waals surface area contributed by atoms with Crippen LogP contribution in [0.5, 0.6) is 0 Å².